The van der Waals surface area contributed by atoms with E-state index in [1.807, 2.05) is 24.3 Å². The summed E-state index contributed by atoms with van der Waals surface area (Å²) in [4.78, 5) is 38.3. The van der Waals surface area contributed by atoms with Crippen LogP contribution >= 0.6 is 23.2 Å². The second kappa shape index (κ2) is 13.7. The van der Waals surface area contributed by atoms with Crippen molar-refractivity contribution in [3.05, 3.63) is 99.0 Å². The van der Waals surface area contributed by atoms with Crippen LogP contribution in [0.5, 0.6) is 0 Å². The van der Waals surface area contributed by atoms with Gasteiger partial charge in [0.15, 0.2) is 6.10 Å². The summed E-state index contributed by atoms with van der Waals surface area (Å²) in [5, 5.41) is 24.2. The standard InChI is InChI=1S/C31H31Cl2N3O5/c1-19-4-2-3-5-27(19)21-10-12-26(13-11-21)36(31(41)35-25-15-23(32)14-24(33)16-25)18-20-6-8-22(9-7-20)29(38)34-17-28(37)30(39)40/h6-16,28,37H,2-5,17-18H2,1H3,(H,34,38)(H,35,41)(H,39,40)/t28-/m1/s1. The molecular formula is C31H31Cl2N3O5. The number of nitrogens with zero attached hydrogens (tertiary/aromatic N) is 1. The average Bonchev–Trinajstić information content (AvgIpc) is 2.94. The highest BCUT2D eigenvalue weighted by atomic mass is 35.5. The van der Waals surface area contributed by atoms with E-state index < -0.39 is 30.6 Å². The lowest BCUT2D eigenvalue weighted by atomic mass is 9.88. The number of amides is 3. The number of aliphatic hydroxyl groups is 1. The zero-order valence-electron chi connectivity index (χ0n) is 22.5. The Kier molecular flexibility index (Phi) is 10.0. The lowest BCUT2D eigenvalue weighted by molar-refractivity contribution is -0.146. The van der Waals surface area contributed by atoms with Crippen molar-refractivity contribution in [2.45, 2.75) is 45.3 Å². The Labute approximate surface area is 248 Å². The van der Waals surface area contributed by atoms with Gasteiger partial charge in [0.25, 0.3) is 5.91 Å². The maximum Gasteiger partial charge on any atom is 0.334 e. The summed E-state index contributed by atoms with van der Waals surface area (Å²) in [5.74, 6) is -1.94. The van der Waals surface area contributed by atoms with E-state index in [0.717, 1.165) is 24.0 Å². The van der Waals surface area contributed by atoms with Crippen LogP contribution in [0.1, 0.15) is 54.1 Å². The summed E-state index contributed by atoms with van der Waals surface area (Å²) in [6.45, 7) is 1.96. The molecule has 1 aliphatic carbocycles. The molecule has 41 heavy (non-hydrogen) atoms. The summed E-state index contributed by atoms with van der Waals surface area (Å²) in [6.07, 6.45) is 2.82. The molecule has 0 spiro atoms. The van der Waals surface area contributed by atoms with Crippen LogP contribution < -0.4 is 15.5 Å². The molecule has 3 amide bonds. The lowest BCUT2D eigenvalue weighted by Gasteiger charge is -2.25. The second-order valence-corrected chi connectivity index (χ2v) is 10.8. The number of hydrogen-bond acceptors (Lipinski definition) is 4. The Morgan fingerprint density at radius 1 is 0.927 bits per heavy atom. The number of carboxylic acids is 1. The summed E-state index contributed by atoms with van der Waals surface area (Å²) in [5.41, 5.74) is 6.08. The Morgan fingerprint density at radius 3 is 2.17 bits per heavy atom. The normalized spacial score (nSPS) is 13.9. The number of aliphatic hydroxyl groups excluding tert-OH is 1. The van der Waals surface area contributed by atoms with Gasteiger partial charge in [-0.15, -0.1) is 0 Å². The molecule has 10 heteroatoms. The minimum atomic E-state index is -1.69. The van der Waals surface area contributed by atoms with Gasteiger partial charge in [0.1, 0.15) is 0 Å². The number of anilines is 2. The molecule has 0 unspecified atom stereocenters. The van der Waals surface area contributed by atoms with Gasteiger partial charge >= 0.3 is 12.0 Å². The van der Waals surface area contributed by atoms with E-state index in [4.69, 9.17) is 28.3 Å². The van der Waals surface area contributed by atoms with E-state index in [2.05, 4.69) is 17.6 Å². The second-order valence-electron chi connectivity index (χ2n) is 9.95. The van der Waals surface area contributed by atoms with Crippen molar-refractivity contribution in [1.29, 1.82) is 0 Å². The van der Waals surface area contributed by atoms with Crippen molar-refractivity contribution in [3.63, 3.8) is 0 Å². The van der Waals surface area contributed by atoms with Crippen molar-refractivity contribution >= 4 is 58.1 Å². The molecule has 0 aliphatic heterocycles. The van der Waals surface area contributed by atoms with Crippen molar-refractivity contribution in [3.8, 4) is 0 Å². The number of benzene rings is 3. The number of nitrogens with one attached hydrogen (secondary N) is 2. The van der Waals surface area contributed by atoms with E-state index >= 15 is 0 Å². The number of allylic oxidation sites excluding steroid dienone is 2. The van der Waals surface area contributed by atoms with Gasteiger partial charge in [-0.3, -0.25) is 9.69 Å². The smallest absolute Gasteiger partial charge is 0.334 e. The number of rotatable bonds is 9. The summed E-state index contributed by atoms with van der Waals surface area (Å²) < 4.78 is 0. The van der Waals surface area contributed by atoms with Crippen LogP contribution in [0.15, 0.2) is 72.3 Å². The van der Waals surface area contributed by atoms with Crippen molar-refractivity contribution in [1.82, 2.24) is 5.32 Å². The highest BCUT2D eigenvalue weighted by Gasteiger charge is 2.19. The van der Waals surface area contributed by atoms with Crippen molar-refractivity contribution < 1.29 is 24.6 Å². The van der Waals surface area contributed by atoms with Gasteiger partial charge in [-0.05, 0) is 91.8 Å². The molecule has 1 atom stereocenters. The predicted molar refractivity (Wildman–Crippen MR) is 162 cm³/mol. The fourth-order valence-corrected chi connectivity index (χ4v) is 5.24. The van der Waals surface area contributed by atoms with Crippen LogP contribution in [0.25, 0.3) is 5.57 Å². The molecule has 214 valence electrons. The lowest BCUT2D eigenvalue weighted by Crippen LogP contribution is -2.36. The summed E-state index contributed by atoms with van der Waals surface area (Å²) in [6, 6.07) is 18.9. The minimum absolute atomic E-state index is 0.195. The molecule has 0 saturated carbocycles. The molecular weight excluding hydrogens is 565 g/mol. The topological polar surface area (TPSA) is 119 Å². The number of halogens is 2. The number of hydrogen-bond donors (Lipinski definition) is 4. The SMILES string of the molecule is CC1=C(c2ccc(N(Cc3ccc(C(=O)NC[C@@H](O)C(=O)O)cc3)C(=O)Nc3cc(Cl)cc(Cl)c3)cc2)CCCC1. The third-order valence-corrected chi connectivity index (χ3v) is 7.36. The Balaban J connectivity index is 1.56. The predicted octanol–water partition coefficient (Wildman–Crippen LogP) is 6.75. The number of aliphatic carboxylic acids is 1. The molecule has 3 aromatic carbocycles. The van der Waals surface area contributed by atoms with Crippen molar-refractivity contribution in [2.75, 3.05) is 16.8 Å². The van der Waals surface area contributed by atoms with Crippen molar-refractivity contribution in [2.24, 2.45) is 0 Å². The molecule has 4 N–H and O–H groups in total. The van der Waals surface area contributed by atoms with Crippen LogP contribution in [0.4, 0.5) is 16.2 Å². The van der Waals surface area contributed by atoms with Gasteiger partial charge in [0.05, 0.1) is 13.1 Å². The van der Waals surface area contributed by atoms with E-state index in [1.54, 1.807) is 47.4 Å². The Bertz CT molecular complexity index is 1440. The zero-order valence-corrected chi connectivity index (χ0v) is 24.0. The molecule has 0 saturated heterocycles. The molecule has 0 bridgehead atoms. The van der Waals surface area contributed by atoms with Crippen LogP contribution in [-0.2, 0) is 11.3 Å². The highest BCUT2D eigenvalue weighted by molar-refractivity contribution is 6.35. The molecule has 0 radical (unpaired) electrons. The Hall–Kier alpha value is -3.85. The third-order valence-electron chi connectivity index (χ3n) is 6.93. The molecule has 0 heterocycles. The molecule has 0 aromatic heterocycles. The summed E-state index contributed by atoms with van der Waals surface area (Å²) in [7, 11) is 0. The van der Waals surface area contributed by atoms with Gasteiger partial charge in [-0.25, -0.2) is 9.59 Å². The van der Waals surface area contributed by atoms with Gasteiger partial charge in [0, 0.05) is 27.0 Å². The maximum absolute atomic E-state index is 13.5. The van der Waals surface area contributed by atoms with Crippen LogP contribution in [0, 0.1) is 0 Å². The minimum Gasteiger partial charge on any atom is -0.479 e. The largest absolute Gasteiger partial charge is 0.479 e. The Morgan fingerprint density at radius 2 is 1.56 bits per heavy atom. The van der Waals surface area contributed by atoms with Gasteiger partial charge in [-0.1, -0.05) is 53.0 Å². The summed E-state index contributed by atoms with van der Waals surface area (Å²) >= 11 is 12.3. The first kappa shape index (κ1) is 30.1. The molecule has 8 nitrogen and oxygen atoms in total. The monoisotopic (exact) mass is 595 g/mol. The first-order valence-corrected chi connectivity index (χ1v) is 14.0. The number of urea groups is 1. The fraction of sp³-hybridized carbons (Fsp3) is 0.258. The number of carboxylic acid groups (broad SMARTS) is 1. The molecule has 1 aliphatic rings. The number of carbonyl (C=O) groups excluding carboxylic acids is 2. The zero-order chi connectivity index (χ0) is 29.5. The fourth-order valence-electron chi connectivity index (χ4n) is 4.71. The average molecular weight is 597 g/mol. The van der Waals surface area contributed by atoms with E-state index in [-0.39, 0.29) is 12.1 Å². The van der Waals surface area contributed by atoms with Gasteiger partial charge < -0.3 is 20.8 Å². The van der Waals surface area contributed by atoms with Gasteiger partial charge in [-0.2, -0.15) is 0 Å². The first-order valence-electron chi connectivity index (χ1n) is 13.2. The first-order chi connectivity index (χ1) is 19.6. The van der Waals surface area contributed by atoms with E-state index in [0.29, 0.717) is 21.4 Å². The molecule has 4 rings (SSSR count). The van der Waals surface area contributed by atoms with Crippen LogP contribution in [0.2, 0.25) is 10.0 Å². The van der Waals surface area contributed by atoms with E-state index in [1.165, 1.54) is 24.0 Å². The number of carbonyl (C=O) groups is 3. The van der Waals surface area contributed by atoms with E-state index in [9.17, 15) is 19.5 Å². The maximum atomic E-state index is 13.5. The molecule has 0 fully saturated rings. The van der Waals surface area contributed by atoms with Crippen LogP contribution in [0.3, 0.4) is 0 Å². The highest BCUT2D eigenvalue weighted by Crippen LogP contribution is 2.33. The van der Waals surface area contributed by atoms with Crippen LogP contribution in [-0.4, -0.2) is 40.8 Å². The quantitative estimate of drug-likeness (QED) is 0.218. The van der Waals surface area contributed by atoms with Gasteiger partial charge in [0.2, 0.25) is 0 Å². The third kappa shape index (κ3) is 8.10. The molecule has 3 aromatic rings.